The van der Waals surface area contributed by atoms with Gasteiger partial charge in [-0.15, -0.1) is 0 Å². The molecule has 0 spiro atoms. The quantitative estimate of drug-likeness (QED) is 0.548. The maximum absolute atomic E-state index is 10.3. The normalized spacial score (nSPS) is 24.7. The SMILES string of the molecule is CN(CCc1ccccc1)c1ncnc2c1ncn2C1OC(CO)C(O)C1O. The number of anilines is 1. The van der Waals surface area contributed by atoms with Gasteiger partial charge >= 0.3 is 0 Å². The Morgan fingerprint density at radius 1 is 1.11 bits per heavy atom. The molecule has 2 aromatic heterocycles. The molecule has 0 aliphatic carbocycles. The summed E-state index contributed by atoms with van der Waals surface area (Å²) in [5, 5.41) is 29.6. The van der Waals surface area contributed by atoms with Gasteiger partial charge in [0.1, 0.15) is 24.6 Å². The standard InChI is InChI=1S/C19H23N5O4/c1-23(8-7-12-5-3-2-4-6-12)17-14-18(21-10-20-17)24(11-22-14)19-16(27)15(26)13(9-25)28-19/h2-6,10-11,13,15-16,19,25-27H,7-9H2,1H3. The number of fused-ring (bicyclic) bond motifs is 1. The Balaban J connectivity index is 1.58. The van der Waals surface area contributed by atoms with Crippen LogP contribution in [0.4, 0.5) is 5.82 Å². The Morgan fingerprint density at radius 3 is 2.61 bits per heavy atom. The van der Waals surface area contributed by atoms with Crippen LogP contribution in [0.3, 0.4) is 0 Å². The van der Waals surface area contributed by atoms with Crippen molar-refractivity contribution in [2.24, 2.45) is 0 Å². The lowest BCUT2D eigenvalue weighted by atomic mass is 10.1. The third-order valence-electron chi connectivity index (χ3n) is 5.07. The molecule has 0 radical (unpaired) electrons. The Labute approximate surface area is 161 Å². The Kier molecular flexibility index (Phi) is 5.23. The molecule has 3 heterocycles. The number of rotatable bonds is 6. The Hall–Kier alpha value is -2.59. The van der Waals surface area contributed by atoms with E-state index in [1.54, 1.807) is 4.57 Å². The fraction of sp³-hybridized carbons (Fsp3) is 0.421. The van der Waals surface area contributed by atoms with Crippen LogP contribution in [0.5, 0.6) is 0 Å². The van der Waals surface area contributed by atoms with Crippen molar-refractivity contribution in [3.05, 3.63) is 48.5 Å². The molecule has 1 aromatic carbocycles. The van der Waals surface area contributed by atoms with E-state index in [1.807, 2.05) is 30.1 Å². The van der Waals surface area contributed by atoms with Crippen LogP contribution in [0.2, 0.25) is 0 Å². The average molecular weight is 385 g/mol. The third kappa shape index (κ3) is 3.33. The van der Waals surface area contributed by atoms with Crippen molar-refractivity contribution in [2.75, 3.05) is 25.1 Å². The summed E-state index contributed by atoms with van der Waals surface area (Å²) >= 11 is 0. The first-order valence-electron chi connectivity index (χ1n) is 9.15. The van der Waals surface area contributed by atoms with Gasteiger partial charge in [0.05, 0.1) is 12.9 Å². The number of benzene rings is 1. The van der Waals surface area contributed by atoms with E-state index < -0.39 is 24.5 Å². The van der Waals surface area contributed by atoms with E-state index in [0.717, 1.165) is 13.0 Å². The summed E-state index contributed by atoms with van der Waals surface area (Å²) in [5.41, 5.74) is 2.30. The minimum atomic E-state index is -1.19. The second-order valence-electron chi connectivity index (χ2n) is 6.91. The van der Waals surface area contributed by atoms with Gasteiger partial charge in [0.2, 0.25) is 0 Å². The maximum atomic E-state index is 10.3. The molecular formula is C19H23N5O4. The topological polar surface area (TPSA) is 117 Å². The molecule has 1 saturated heterocycles. The number of hydrogen-bond donors (Lipinski definition) is 3. The molecule has 3 aromatic rings. The van der Waals surface area contributed by atoms with Gasteiger partial charge in [-0.1, -0.05) is 30.3 Å². The summed E-state index contributed by atoms with van der Waals surface area (Å²) in [4.78, 5) is 15.1. The van der Waals surface area contributed by atoms with E-state index >= 15 is 0 Å². The lowest BCUT2D eigenvalue weighted by molar-refractivity contribution is -0.0511. The number of likely N-dealkylation sites (N-methyl/N-ethyl adjacent to an activating group) is 1. The highest BCUT2D eigenvalue weighted by Crippen LogP contribution is 2.32. The van der Waals surface area contributed by atoms with Crippen LogP contribution in [-0.4, -0.2) is 73.3 Å². The summed E-state index contributed by atoms with van der Waals surface area (Å²) in [6.07, 6.45) is -0.295. The Morgan fingerprint density at radius 2 is 1.89 bits per heavy atom. The van der Waals surface area contributed by atoms with Gasteiger partial charge in [0.15, 0.2) is 23.2 Å². The molecule has 1 aliphatic rings. The second-order valence-corrected chi connectivity index (χ2v) is 6.91. The van der Waals surface area contributed by atoms with Crippen LogP contribution in [0.15, 0.2) is 43.0 Å². The number of imidazole rings is 1. The number of hydrogen-bond acceptors (Lipinski definition) is 8. The average Bonchev–Trinajstić information content (AvgIpc) is 3.28. The zero-order chi connectivity index (χ0) is 19.7. The van der Waals surface area contributed by atoms with Gasteiger partial charge in [0, 0.05) is 13.6 Å². The molecule has 3 N–H and O–H groups in total. The van der Waals surface area contributed by atoms with Crippen LogP contribution >= 0.6 is 0 Å². The number of aliphatic hydroxyl groups is 3. The van der Waals surface area contributed by atoms with Gasteiger partial charge in [-0.25, -0.2) is 15.0 Å². The van der Waals surface area contributed by atoms with Crippen LogP contribution in [0.1, 0.15) is 11.8 Å². The summed E-state index contributed by atoms with van der Waals surface area (Å²) in [6.45, 7) is 0.362. The lowest BCUT2D eigenvalue weighted by Gasteiger charge is -2.19. The third-order valence-corrected chi connectivity index (χ3v) is 5.07. The minimum absolute atomic E-state index is 0.385. The molecule has 9 heteroatoms. The fourth-order valence-electron chi connectivity index (χ4n) is 3.46. The highest BCUT2D eigenvalue weighted by molar-refractivity contribution is 5.83. The summed E-state index contributed by atoms with van der Waals surface area (Å²) in [5.74, 6) is 0.673. The van der Waals surface area contributed by atoms with Crippen molar-refractivity contribution in [1.82, 2.24) is 19.5 Å². The van der Waals surface area contributed by atoms with Crippen LogP contribution in [-0.2, 0) is 11.2 Å². The molecule has 4 atom stereocenters. The van der Waals surface area contributed by atoms with Crippen molar-refractivity contribution in [3.63, 3.8) is 0 Å². The van der Waals surface area contributed by atoms with Crippen molar-refractivity contribution in [2.45, 2.75) is 31.0 Å². The van der Waals surface area contributed by atoms with Crippen molar-refractivity contribution < 1.29 is 20.1 Å². The molecule has 1 aliphatic heterocycles. The van der Waals surface area contributed by atoms with Crippen molar-refractivity contribution >= 4 is 17.0 Å². The van der Waals surface area contributed by atoms with Crippen LogP contribution in [0.25, 0.3) is 11.2 Å². The number of ether oxygens (including phenoxy) is 1. The molecule has 1 fully saturated rings. The monoisotopic (exact) mass is 385 g/mol. The number of nitrogens with zero attached hydrogens (tertiary/aromatic N) is 5. The zero-order valence-electron chi connectivity index (χ0n) is 15.5. The molecule has 0 saturated carbocycles. The van der Waals surface area contributed by atoms with E-state index in [1.165, 1.54) is 18.2 Å². The van der Waals surface area contributed by atoms with Gasteiger partial charge in [-0.2, -0.15) is 0 Å². The van der Waals surface area contributed by atoms with Crippen LogP contribution in [0, 0.1) is 0 Å². The Bertz CT molecular complexity index is 934. The molecule has 148 valence electrons. The largest absolute Gasteiger partial charge is 0.394 e. The highest BCUT2D eigenvalue weighted by atomic mass is 16.6. The van der Waals surface area contributed by atoms with E-state index in [9.17, 15) is 15.3 Å². The smallest absolute Gasteiger partial charge is 0.167 e. The molecule has 28 heavy (non-hydrogen) atoms. The number of aromatic nitrogens is 4. The summed E-state index contributed by atoms with van der Waals surface area (Å²) < 4.78 is 7.16. The highest BCUT2D eigenvalue weighted by Gasteiger charge is 2.44. The van der Waals surface area contributed by atoms with E-state index in [-0.39, 0.29) is 6.61 Å². The minimum Gasteiger partial charge on any atom is -0.394 e. The van der Waals surface area contributed by atoms with Gasteiger partial charge in [-0.05, 0) is 12.0 Å². The van der Waals surface area contributed by atoms with E-state index in [4.69, 9.17) is 4.74 Å². The first-order chi connectivity index (χ1) is 13.6. The van der Waals surface area contributed by atoms with Crippen molar-refractivity contribution in [1.29, 1.82) is 0 Å². The molecular weight excluding hydrogens is 362 g/mol. The first-order valence-corrected chi connectivity index (χ1v) is 9.15. The van der Waals surface area contributed by atoms with Crippen molar-refractivity contribution in [3.8, 4) is 0 Å². The zero-order valence-corrected chi connectivity index (χ0v) is 15.5. The summed E-state index contributed by atoms with van der Waals surface area (Å²) in [6, 6.07) is 10.2. The van der Waals surface area contributed by atoms with Gasteiger partial charge in [-0.3, -0.25) is 4.57 Å². The first kappa shape index (κ1) is 18.8. The van der Waals surface area contributed by atoms with Crippen LogP contribution < -0.4 is 4.90 Å². The maximum Gasteiger partial charge on any atom is 0.167 e. The number of aliphatic hydroxyl groups excluding tert-OH is 3. The van der Waals surface area contributed by atoms with E-state index in [2.05, 4.69) is 27.1 Å². The lowest BCUT2D eigenvalue weighted by Crippen LogP contribution is -2.33. The summed E-state index contributed by atoms with van der Waals surface area (Å²) in [7, 11) is 1.94. The second kappa shape index (κ2) is 7.80. The molecule has 0 amide bonds. The molecule has 4 rings (SSSR count). The predicted molar refractivity (Wildman–Crippen MR) is 102 cm³/mol. The van der Waals surface area contributed by atoms with Gasteiger partial charge < -0.3 is 25.0 Å². The van der Waals surface area contributed by atoms with E-state index in [0.29, 0.717) is 17.0 Å². The predicted octanol–water partition coefficient (Wildman–Crippen LogP) is 0.117. The molecule has 4 unspecified atom stereocenters. The molecule has 0 bridgehead atoms. The van der Waals surface area contributed by atoms with Gasteiger partial charge in [0.25, 0.3) is 0 Å². The fourth-order valence-corrected chi connectivity index (χ4v) is 3.46. The molecule has 9 nitrogen and oxygen atoms in total.